The molecule has 1 aliphatic heterocycles. The van der Waals surface area contributed by atoms with Crippen molar-refractivity contribution in [3.8, 4) is 0 Å². The molecule has 0 aromatic carbocycles. The zero-order valence-electron chi connectivity index (χ0n) is 21.4. The Morgan fingerprint density at radius 3 is 2.48 bits per heavy atom. The highest BCUT2D eigenvalue weighted by Crippen LogP contribution is 2.41. The summed E-state index contributed by atoms with van der Waals surface area (Å²) in [4.78, 5) is 17.5. The summed E-state index contributed by atoms with van der Waals surface area (Å²) in [7, 11) is 0. The van der Waals surface area contributed by atoms with Gasteiger partial charge in [-0.15, -0.1) is 0 Å². The number of esters is 1. The van der Waals surface area contributed by atoms with Crippen molar-refractivity contribution >= 4 is 23.1 Å². The van der Waals surface area contributed by atoms with Gasteiger partial charge in [0.1, 0.15) is 5.82 Å². The predicted molar refractivity (Wildman–Crippen MR) is 134 cm³/mol. The van der Waals surface area contributed by atoms with Gasteiger partial charge in [0.2, 0.25) is 0 Å². The smallest absolute Gasteiger partial charge is 0.357 e. The van der Waals surface area contributed by atoms with Crippen LogP contribution in [0.15, 0.2) is 12.1 Å². The summed E-state index contributed by atoms with van der Waals surface area (Å²) >= 11 is 0. The first-order valence-corrected chi connectivity index (χ1v) is 12.4. The van der Waals surface area contributed by atoms with Crippen LogP contribution in [0.1, 0.15) is 109 Å². The van der Waals surface area contributed by atoms with E-state index in [0.717, 1.165) is 29.5 Å². The van der Waals surface area contributed by atoms with Crippen molar-refractivity contribution < 1.29 is 14.3 Å². The van der Waals surface area contributed by atoms with Crippen molar-refractivity contribution in [3.63, 3.8) is 0 Å². The molecule has 0 atom stereocenters. The first-order chi connectivity index (χ1) is 15.4. The molecule has 6 nitrogen and oxygen atoms in total. The van der Waals surface area contributed by atoms with Crippen molar-refractivity contribution in [1.29, 1.82) is 5.41 Å². The number of hydrogen-bond acceptors (Lipinski definition) is 6. The second-order valence-electron chi connectivity index (χ2n) is 10.9. The number of pyridine rings is 1. The second kappa shape index (κ2) is 9.96. The van der Waals surface area contributed by atoms with Crippen LogP contribution >= 0.6 is 0 Å². The van der Waals surface area contributed by atoms with Crippen molar-refractivity contribution in [1.82, 2.24) is 4.98 Å². The van der Waals surface area contributed by atoms with Crippen LogP contribution in [-0.2, 0) is 9.47 Å². The molecule has 0 radical (unpaired) electrons. The lowest BCUT2D eigenvalue weighted by atomic mass is 9.82. The van der Waals surface area contributed by atoms with Gasteiger partial charge in [0.05, 0.1) is 17.8 Å². The molecule has 0 bridgehead atoms. The standard InChI is InChI=1S/C27H41N3O3/c1-8-32-25(31)21-14-20(18-15-26(4,5)33-27(6,7)16-18)22(23(28)17(2)3)24(30-21)29-19-12-10-9-11-13-19/h14-15,17,19,28H,8-13,16H2,1-7H3,(H,29,30). The molecule has 6 heteroatoms. The number of rotatable bonds is 7. The fraction of sp³-hybridized carbons (Fsp3) is 0.667. The molecule has 2 N–H and O–H groups in total. The molecule has 0 saturated heterocycles. The average Bonchev–Trinajstić information content (AvgIpc) is 2.71. The molecule has 3 rings (SSSR count). The van der Waals surface area contributed by atoms with E-state index in [1.807, 2.05) is 19.9 Å². The molecule has 2 heterocycles. The summed E-state index contributed by atoms with van der Waals surface area (Å²) in [5, 5.41) is 12.6. The SMILES string of the molecule is CCOC(=O)c1cc(C2=CC(C)(C)OC(C)(C)C2)c(C(=N)C(C)C)c(NC2CCCCC2)n1. The Kier molecular flexibility index (Phi) is 7.67. The second-order valence-corrected chi connectivity index (χ2v) is 10.9. The minimum absolute atomic E-state index is 0.0207. The Labute approximate surface area is 199 Å². The summed E-state index contributed by atoms with van der Waals surface area (Å²) in [5.41, 5.74) is 2.74. The summed E-state index contributed by atoms with van der Waals surface area (Å²) < 4.78 is 11.6. The van der Waals surface area contributed by atoms with E-state index < -0.39 is 11.6 Å². The number of nitrogens with one attached hydrogen (secondary N) is 2. The number of carbonyl (C=O) groups excluding carboxylic acids is 1. The maximum atomic E-state index is 12.8. The number of carbonyl (C=O) groups is 1. The molecule has 1 fully saturated rings. The van der Waals surface area contributed by atoms with E-state index in [0.29, 0.717) is 30.6 Å². The van der Waals surface area contributed by atoms with E-state index in [1.165, 1.54) is 19.3 Å². The van der Waals surface area contributed by atoms with Gasteiger partial charge in [-0.25, -0.2) is 9.78 Å². The molecule has 0 unspecified atom stereocenters. The molecular formula is C27H41N3O3. The van der Waals surface area contributed by atoms with Gasteiger partial charge >= 0.3 is 5.97 Å². The molecule has 33 heavy (non-hydrogen) atoms. The van der Waals surface area contributed by atoms with Gasteiger partial charge in [0, 0.05) is 23.7 Å². The summed E-state index contributed by atoms with van der Waals surface area (Å²) in [6.07, 6.45) is 8.59. The third-order valence-electron chi connectivity index (χ3n) is 6.32. The molecule has 2 aliphatic rings. The maximum absolute atomic E-state index is 12.8. The Hall–Kier alpha value is -2.21. The average molecular weight is 456 g/mol. The highest BCUT2D eigenvalue weighted by molar-refractivity contribution is 6.08. The molecule has 1 aromatic heterocycles. The Morgan fingerprint density at radius 2 is 1.91 bits per heavy atom. The summed E-state index contributed by atoms with van der Waals surface area (Å²) in [5.74, 6) is 0.218. The highest BCUT2D eigenvalue weighted by atomic mass is 16.5. The number of nitrogens with zero attached hydrogens (tertiary/aromatic N) is 1. The van der Waals surface area contributed by atoms with E-state index in [9.17, 15) is 4.79 Å². The van der Waals surface area contributed by atoms with Gasteiger partial charge in [-0.1, -0.05) is 33.1 Å². The van der Waals surface area contributed by atoms with Crippen LogP contribution in [0, 0.1) is 11.3 Å². The van der Waals surface area contributed by atoms with Gasteiger partial charge in [0.25, 0.3) is 0 Å². The molecule has 0 amide bonds. The minimum atomic E-state index is -0.460. The molecule has 1 aliphatic carbocycles. The van der Waals surface area contributed by atoms with E-state index in [-0.39, 0.29) is 17.2 Å². The van der Waals surface area contributed by atoms with Crippen LogP contribution in [0.5, 0.6) is 0 Å². The van der Waals surface area contributed by atoms with Crippen LogP contribution in [0.25, 0.3) is 5.57 Å². The number of ether oxygens (including phenoxy) is 2. The molecule has 182 valence electrons. The van der Waals surface area contributed by atoms with Crippen molar-refractivity contribution in [2.45, 2.75) is 104 Å². The van der Waals surface area contributed by atoms with Gasteiger partial charge in [-0.2, -0.15) is 0 Å². The first-order valence-electron chi connectivity index (χ1n) is 12.4. The van der Waals surface area contributed by atoms with E-state index in [1.54, 1.807) is 6.92 Å². The van der Waals surface area contributed by atoms with Crippen LogP contribution in [0.4, 0.5) is 5.82 Å². The first kappa shape index (κ1) is 25.4. The lowest BCUT2D eigenvalue weighted by Gasteiger charge is -2.40. The van der Waals surface area contributed by atoms with Crippen LogP contribution < -0.4 is 5.32 Å². The topological polar surface area (TPSA) is 84.3 Å². The van der Waals surface area contributed by atoms with E-state index in [4.69, 9.17) is 19.9 Å². The van der Waals surface area contributed by atoms with Gasteiger partial charge in [-0.3, -0.25) is 0 Å². The zero-order valence-corrected chi connectivity index (χ0v) is 21.4. The van der Waals surface area contributed by atoms with Crippen LogP contribution in [-0.4, -0.2) is 40.5 Å². The number of aromatic nitrogens is 1. The Balaban J connectivity index is 2.22. The number of hydrogen-bond donors (Lipinski definition) is 2. The molecular weight excluding hydrogens is 414 g/mol. The largest absolute Gasteiger partial charge is 0.461 e. The third kappa shape index (κ3) is 6.23. The van der Waals surface area contributed by atoms with E-state index in [2.05, 4.69) is 39.1 Å². The van der Waals surface area contributed by atoms with Gasteiger partial charge in [0.15, 0.2) is 5.69 Å². The normalized spacial score (nSPS) is 20.3. The predicted octanol–water partition coefficient (Wildman–Crippen LogP) is 6.39. The van der Waals surface area contributed by atoms with Crippen molar-refractivity contribution in [3.05, 3.63) is 29.0 Å². The summed E-state index contributed by atoms with van der Waals surface area (Å²) in [6, 6.07) is 2.12. The lowest BCUT2D eigenvalue weighted by molar-refractivity contribution is -0.100. The maximum Gasteiger partial charge on any atom is 0.357 e. The fourth-order valence-corrected chi connectivity index (χ4v) is 5.09. The van der Waals surface area contributed by atoms with Crippen molar-refractivity contribution in [2.24, 2.45) is 5.92 Å². The monoisotopic (exact) mass is 455 g/mol. The third-order valence-corrected chi connectivity index (χ3v) is 6.32. The highest BCUT2D eigenvalue weighted by Gasteiger charge is 2.36. The van der Waals surface area contributed by atoms with Crippen molar-refractivity contribution in [2.75, 3.05) is 11.9 Å². The van der Waals surface area contributed by atoms with Crippen LogP contribution in [0.2, 0.25) is 0 Å². The van der Waals surface area contributed by atoms with Gasteiger partial charge < -0.3 is 20.2 Å². The minimum Gasteiger partial charge on any atom is -0.461 e. The lowest BCUT2D eigenvalue weighted by Crippen LogP contribution is -2.40. The Morgan fingerprint density at radius 1 is 1.24 bits per heavy atom. The van der Waals surface area contributed by atoms with Gasteiger partial charge in [-0.05, 0) is 76.7 Å². The fourth-order valence-electron chi connectivity index (χ4n) is 5.09. The van der Waals surface area contributed by atoms with E-state index >= 15 is 0 Å². The summed E-state index contributed by atoms with van der Waals surface area (Å²) in [6.45, 7) is 14.4. The zero-order chi connectivity index (χ0) is 24.4. The number of anilines is 1. The molecule has 1 saturated carbocycles. The molecule has 0 spiro atoms. The van der Waals surface area contributed by atoms with Crippen LogP contribution in [0.3, 0.4) is 0 Å². The molecule has 1 aromatic rings. The quantitative estimate of drug-likeness (QED) is 0.368. The Bertz CT molecular complexity index is 925.